The Hall–Kier alpha value is -2.24. The van der Waals surface area contributed by atoms with Gasteiger partial charge < -0.3 is 10.2 Å². The third-order valence-electron chi connectivity index (χ3n) is 6.69. The topological polar surface area (TPSA) is 35.6 Å². The van der Waals surface area contributed by atoms with Crippen molar-refractivity contribution in [1.29, 1.82) is 0 Å². The molecule has 5 heteroatoms. The van der Waals surface area contributed by atoms with Gasteiger partial charge in [-0.3, -0.25) is 9.69 Å². The van der Waals surface area contributed by atoms with Crippen molar-refractivity contribution in [2.45, 2.75) is 38.6 Å². The van der Waals surface area contributed by atoms with Crippen LogP contribution in [0, 0.1) is 18.7 Å². The Labute approximate surface area is 185 Å². The van der Waals surface area contributed by atoms with Crippen LogP contribution >= 0.6 is 0 Å². The minimum absolute atomic E-state index is 0.0791. The molecule has 2 aliphatic rings. The molecule has 0 aromatic heterocycles. The highest BCUT2D eigenvalue weighted by atomic mass is 19.1. The minimum atomic E-state index is -0.174. The van der Waals surface area contributed by atoms with E-state index in [-0.39, 0.29) is 23.6 Å². The fourth-order valence-electron chi connectivity index (χ4n) is 5.03. The van der Waals surface area contributed by atoms with Crippen molar-refractivity contribution in [3.63, 3.8) is 0 Å². The van der Waals surface area contributed by atoms with E-state index in [4.69, 9.17) is 0 Å². The van der Waals surface area contributed by atoms with Crippen molar-refractivity contribution < 1.29 is 9.18 Å². The summed E-state index contributed by atoms with van der Waals surface area (Å²) in [7, 11) is 0. The fraction of sp³-hybridized carbons (Fsp3) is 0.500. The first-order valence-electron chi connectivity index (χ1n) is 11.6. The molecule has 2 heterocycles. The van der Waals surface area contributed by atoms with Crippen molar-refractivity contribution >= 4 is 5.91 Å². The summed E-state index contributed by atoms with van der Waals surface area (Å²) in [5.41, 5.74) is 3.20. The second-order valence-corrected chi connectivity index (χ2v) is 9.17. The maximum Gasteiger partial charge on any atom is 0.224 e. The highest BCUT2D eigenvalue weighted by Crippen LogP contribution is 2.32. The number of hydrogen-bond acceptors (Lipinski definition) is 3. The molecule has 2 saturated heterocycles. The lowest BCUT2D eigenvalue weighted by Gasteiger charge is -2.37. The molecule has 2 aromatic rings. The number of aryl methyl sites for hydroxylation is 1. The number of nitrogens with zero attached hydrogens (tertiary/aromatic N) is 2. The summed E-state index contributed by atoms with van der Waals surface area (Å²) in [4.78, 5) is 17.7. The van der Waals surface area contributed by atoms with E-state index < -0.39 is 0 Å². The summed E-state index contributed by atoms with van der Waals surface area (Å²) in [5, 5.41) is 3.18. The molecule has 2 aromatic carbocycles. The van der Waals surface area contributed by atoms with E-state index in [9.17, 15) is 9.18 Å². The van der Waals surface area contributed by atoms with Gasteiger partial charge in [0.05, 0.1) is 5.92 Å². The van der Waals surface area contributed by atoms with E-state index in [1.54, 1.807) is 6.07 Å². The molecule has 2 fully saturated rings. The molecule has 2 atom stereocenters. The Bertz CT molecular complexity index is 880. The molecular formula is C26H34FN3O. The van der Waals surface area contributed by atoms with Gasteiger partial charge in [-0.25, -0.2) is 4.39 Å². The maximum absolute atomic E-state index is 14.3. The molecule has 2 aliphatic heterocycles. The quantitative estimate of drug-likeness (QED) is 0.732. The molecule has 0 spiro atoms. The number of hydrogen-bond donors (Lipinski definition) is 1. The largest absolute Gasteiger partial charge is 0.355 e. The first-order valence-corrected chi connectivity index (χ1v) is 11.6. The molecule has 2 unspecified atom stereocenters. The molecule has 0 aliphatic carbocycles. The molecular weight excluding hydrogens is 389 g/mol. The molecule has 0 radical (unpaired) electrons. The average molecular weight is 424 g/mol. The summed E-state index contributed by atoms with van der Waals surface area (Å²) in [6.45, 7) is 8.08. The Morgan fingerprint density at radius 1 is 1.06 bits per heavy atom. The highest BCUT2D eigenvalue weighted by molar-refractivity contribution is 5.79. The first-order chi connectivity index (χ1) is 15.1. The lowest BCUT2D eigenvalue weighted by atomic mass is 9.83. The zero-order chi connectivity index (χ0) is 21.6. The number of likely N-dealkylation sites (tertiary alicyclic amines) is 2. The molecule has 0 bridgehead atoms. The molecule has 1 N–H and O–H groups in total. The summed E-state index contributed by atoms with van der Waals surface area (Å²) in [5.74, 6) is 0.154. The van der Waals surface area contributed by atoms with Crippen LogP contribution in [-0.4, -0.2) is 55.0 Å². The molecule has 166 valence electrons. The Kier molecular flexibility index (Phi) is 7.36. The van der Waals surface area contributed by atoms with Crippen LogP contribution in [0.1, 0.15) is 41.9 Å². The number of nitrogens with one attached hydrogen (secondary N) is 1. The number of halogens is 1. The van der Waals surface area contributed by atoms with E-state index in [1.165, 1.54) is 30.0 Å². The van der Waals surface area contributed by atoms with Gasteiger partial charge in [-0.05, 0) is 56.8 Å². The second kappa shape index (κ2) is 10.4. The van der Waals surface area contributed by atoms with E-state index in [1.807, 2.05) is 12.1 Å². The van der Waals surface area contributed by atoms with Crippen LogP contribution in [0.3, 0.4) is 0 Å². The minimum Gasteiger partial charge on any atom is -0.355 e. The summed E-state index contributed by atoms with van der Waals surface area (Å²) < 4.78 is 14.3. The Morgan fingerprint density at radius 2 is 1.87 bits per heavy atom. The standard InChI is InChI=1S/C26H34FN3O/c1-20-7-6-9-21(15-20)23-16-24(26(31)28-11-14-29-12-4-5-13-29)19-30(18-23)17-22-8-2-3-10-25(22)27/h2-3,6-10,15,23-24H,4-5,11-14,16-19H2,1H3,(H,28,31). The monoisotopic (exact) mass is 423 g/mol. The van der Waals surface area contributed by atoms with Crippen LogP contribution in [0.25, 0.3) is 0 Å². The van der Waals surface area contributed by atoms with Crippen molar-refractivity contribution in [2.24, 2.45) is 5.92 Å². The van der Waals surface area contributed by atoms with E-state index >= 15 is 0 Å². The van der Waals surface area contributed by atoms with Gasteiger partial charge in [0.25, 0.3) is 0 Å². The predicted molar refractivity (Wildman–Crippen MR) is 122 cm³/mol. The van der Waals surface area contributed by atoms with Gasteiger partial charge >= 0.3 is 0 Å². The second-order valence-electron chi connectivity index (χ2n) is 9.17. The van der Waals surface area contributed by atoms with Crippen LogP contribution in [-0.2, 0) is 11.3 Å². The van der Waals surface area contributed by atoms with Gasteiger partial charge in [0, 0.05) is 38.3 Å². The first kappa shape index (κ1) is 22.0. The van der Waals surface area contributed by atoms with Gasteiger partial charge in [0.1, 0.15) is 5.82 Å². The Morgan fingerprint density at radius 3 is 2.65 bits per heavy atom. The SMILES string of the molecule is Cc1cccc(C2CC(C(=O)NCCN3CCCC3)CN(Cc3ccccc3F)C2)c1. The predicted octanol–water partition coefficient (Wildman–Crippen LogP) is 3.95. The van der Waals surface area contributed by atoms with Gasteiger partial charge in [-0.1, -0.05) is 48.0 Å². The van der Waals surface area contributed by atoms with Gasteiger partial charge in [0.15, 0.2) is 0 Å². The lowest BCUT2D eigenvalue weighted by Crippen LogP contribution is -2.46. The Balaban J connectivity index is 1.44. The van der Waals surface area contributed by atoms with Crippen LogP contribution in [0.15, 0.2) is 48.5 Å². The van der Waals surface area contributed by atoms with Crippen LogP contribution in [0.5, 0.6) is 0 Å². The number of benzene rings is 2. The van der Waals surface area contributed by atoms with Gasteiger partial charge in [0.2, 0.25) is 5.91 Å². The smallest absolute Gasteiger partial charge is 0.224 e. The van der Waals surface area contributed by atoms with Crippen molar-refractivity contribution in [3.05, 3.63) is 71.0 Å². The summed E-state index contributed by atoms with van der Waals surface area (Å²) in [6, 6.07) is 15.5. The van der Waals surface area contributed by atoms with Crippen LogP contribution < -0.4 is 5.32 Å². The van der Waals surface area contributed by atoms with Crippen LogP contribution in [0.2, 0.25) is 0 Å². The van der Waals surface area contributed by atoms with Crippen LogP contribution in [0.4, 0.5) is 4.39 Å². The average Bonchev–Trinajstić information content (AvgIpc) is 3.29. The highest BCUT2D eigenvalue weighted by Gasteiger charge is 2.32. The van der Waals surface area contributed by atoms with E-state index in [2.05, 4.69) is 46.3 Å². The zero-order valence-corrected chi connectivity index (χ0v) is 18.5. The van der Waals surface area contributed by atoms with Crippen molar-refractivity contribution in [1.82, 2.24) is 15.1 Å². The molecule has 0 saturated carbocycles. The summed E-state index contributed by atoms with van der Waals surface area (Å²) >= 11 is 0. The maximum atomic E-state index is 14.3. The third-order valence-corrected chi connectivity index (χ3v) is 6.69. The molecule has 4 nitrogen and oxygen atoms in total. The number of carbonyl (C=O) groups is 1. The normalized spacial score (nSPS) is 22.5. The summed E-state index contributed by atoms with van der Waals surface area (Å²) in [6.07, 6.45) is 3.37. The molecule has 1 amide bonds. The number of rotatable bonds is 7. The lowest BCUT2D eigenvalue weighted by molar-refractivity contribution is -0.127. The van der Waals surface area contributed by atoms with Gasteiger partial charge in [-0.2, -0.15) is 0 Å². The number of piperidine rings is 1. The zero-order valence-electron chi connectivity index (χ0n) is 18.5. The van der Waals surface area contributed by atoms with Crippen molar-refractivity contribution in [2.75, 3.05) is 39.3 Å². The molecule has 31 heavy (non-hydrogen) atoms. The number of carbonyl (C=O) groups excluding carboxylic acids is 1. The van der Waals surface area contributed by atoms with Crippen molar-refractivity contribution in [3.8, 4) is 0 Å². The van der Waals surface area contributed by atoms with E-state index in [0.29, 0.717) is 25.2 Å². The fourth-order valence-corrected chi connectivity index (χ4v) is 5.03. The number of amides is 1. The van der Waals surface area contributed by atoms with E-state index in [0.717, 1.165) is 32.6 Å². The molecule has 4 rings (SSSR count). The van der Waals surface area contributed by atoms with Gasteiger partial charge in [-0.15, -0.1) is 0 Å². The third kappa shape index (κ3) is 5.92.